The van der Waals surface area contributed by atoms with Crippen LogP contribution in [0.15, 0.2) is 115 Å². The van der Waals surface area contributed by atoms with Gasteiger partial charge >= 0.3 is 0 Å². The topological polar surface area (TPSA) is 89.7 Å². The summed E-state index contributed by atoms with van der Waals surface area (Å²) in [4.78, 5) is 15.8. The maximum absolute atomic E-state index is 6.60. The summed E-state index contributed by atoms with van der Waals surface area (Å²) in [6.45, 7) is 5.92. The molecule has 0 N–H and O–H groups in total. The highest BCUT2D eigenvalue weighted by molar-refractivity contribution is 6.35. The molecule has 1 aromatic heterocycles. The van der Waals surface area contributed by atoms with E-state index in [0.717, 1.165) is 61.2 Å². The zero-order valence-corrected chi connectivity index (χ0v) is 29.4. The van der Waals surface area contributed by atoms with E-state index in [2.05, 4.69) is 67.2 Å². The van der Waals surface area contributed by atoms with E-state index in [1.165, 1.54) is 6.33 Å². The molecule has 3 saturated heterocycles. The lowest BCUT2D eigenvalue weighted by atomic mass is 10.1. The van der Waals surface area contributed by atoms with Crippen LogP contribution in [0.4, 0.5) is 22.7 Å². The number of hydrogen-bond acceptors (Lipinski definition) is 9. The first-order valence-electron chi connectivity index (χ1n) is 17.0. The second kappa shape index (κ2) is 14.8. The molecule has 4 heterocycles. The minimum absolute atomic E-state index is 0.273. The van der Waals surface area contributed by atoms with Crippen LogP contribution in [0.3, 0.4) is 0 Å². The lowest BCUT2D eigenvalue weighted by molar-refractivity contribution is -0.190. The summed E-state index contributed by atoms with van der Waals surface area (Å²) < 4.78 is 26.5. The first kappa shape index (κ1) is 33.3. The van der Waals surface area contributed by atoms with E-state index < -0.39 is 5.79 Å². The molecule has 0 radical (unpaired) electrons. The standard InChI is InChI=1S/C38H37Cl2N7O4/c39-28-9-14-35(36(40)21-28)38(25-46-27-41-26-42-46)50-24-34(51-38)23-49-33-12-10-30(11-13-33)44-15-17-45(18-16-44)32-8-4-5-29(22-32)43-37-47(19-20-48-37)31-6-2-1-3-7-31/h1-14,21-22,26-27,34H,15-20,23-25H2. The number of piperazine rings is 1. The summed E-state index contributed by atoms with van der Waals surface area (Å²) in [5.41, 5.74) is 4.96. The molecular weight excluding hydrogens is 689 g/mol. The number of anilines is 3. The van der Waals surface area contributed by atoms with E-state index in [0.29, 0.717) is 41.5 Å². The lowest BCUT2D eigenvalue weighted by Crippen LogP contribution is -2.46. The molecule has 11 nitrogen and oxygen atoms in total. The van der Waals surface area contributed by atoms with Gasteiger partial charge < -0.3 is 28.7 Å². The number of ether oxygens (including phenoxy) is 4. The van der Waals surface area contributed by atoms with E-state index in [4.69, 9.17) is 47.1 Å². The molecule has 3 fully saturated rings. The molecule has 2 atom stereocenters. The van der Waals surface area contributed by atoms with Gasteiger partial charge in [0.05, 0.1) is 23.9 Å². The predicted octanol–water partition coefficient (Wildman–Crippen LogP) is 6.78. The van der Waals surface area contributed by atoms with E-state index in [-0.39, 0.29) is 12.6 Å². The van der Waals surface area contributed by atoms with Crippen LogP contribution in [0, 0.1) is 0 Å². The third-order valence-corrected chi connectivity index (χ3v) is 9.77. The summed E-state index contributed by atoms with van der Waals surface area (Å²) in [7, 11) is 0. The van der Waals surface area contributed by atoms with Crippen LogP contribution >= 0.6 is 23.2 Å². The molecule has 0 saturated carbocycles. The highest BCUT2D eigenvalue weighted by atomic mass is 35.5. The van der Waals surface area contributed by atoms with Crippen molar-refractivity contribution in [2.75, 3.05) is 67.2 Å². The SMILES string of the molecule is Clc1ccc(C2(Cn3cncn3)OCC(COc3ccc(N4CCN(c5cccc(N=C6OCCN6c6ccccc6)c5)CC4)cc3)O2)c(Cl)c1. The summed E-state index contributed by atoms with van der Waals surface area (Å²) in [6, 6.07) is 32.7. The highest BCUT2D eigenvalue weighted by Gasteiger charge is 2.45. The fraction of sp³-hybridized carbons (Fsp3) is 0.289. The molecule has 8 rings (SSSR count). The monoisotopic (exact) mass is 725 g/mol. The molecule has 262 valence electrons. The highest BCUT2D eigenvalue weighted by Crippen LogP contribution is 2.40. The van der Waals surface area contributed by atoms with E-state index in [1.807, 2.05) is 42.5 Å². The fourth-order valence-corrected chi connectivity index (χ4v) is 7.21. The molecule has 3 aliphatic heterocycles. The number of amidine groups is 1. The second-order valence-electron chi connectivity index (χ2n) is 12.5. The number of aromatic nitrogens is 3. The lowest BCUT2D eigenvalue weighted by Gasteiger charge is -2.37. The predicted molar refractivity (Wildman–Crippen MR) is 199 cm³/mol. The van der Waals surface area contributed by atoms with Gasteiger partial charge in [0.1, 0.15) is 44.3 Å². The van der Waals surface area contributed by atoms with Gasteiger partial charge in [0.15, 0.2) is 0 Å². The second-order valence-corrected chi connectivity index (χ2v) is 13.4. The molecule has 5 aromatic rings. The molecule has 0 bridgehead atoms. The average molecular weight is 727 g/mol. The minimum atomic E-state index is -1.15. The zero-order chi connectivity index (χ0) is 34.6. The summed E-state index contributed by atoms with van der Waals surface area (Å²) in [5, 5.41) is 5.23. The quantitative estimate of drug-likeness (QED) is 0.155. The third kappa shape index (κ3) is 7.48. The fourth-order valence-electron chi connectivity index (χ4n) is 6.66. The summed E-state index contributed by atoms with van der Waals surface area (Å²) in [6.07, 6.45) is 2.76. The third-order valence-electron chi connectivity index (χ3n) is 9.22. The number of hydrogen-bond donors (Lipinski definition) is 0. The molecule has 0 aliphatic carbocycles. The van der Waals surface area contributed by atoms with Gasteiger partial charge in [0, 0.05) is 53.8 Å². The number of rotatable bonds is 10. The molecule has 3 aliphatic rings. The van der Waals surface area contributed by atoms with Crippen LogP contribution in [0.1, 0.15) is 5.56 Å². The number of aliphatic imine (C=N–C) groups is 1. The van der Waals surface area contributed by atoms with Crippen LogP contribution in [0.2, 0.25) is 10.0 Å². The first-order valence-corrected chi connectivity index (χ1v) is 17.7. The van der Waals surface area contributed by atoms with Gasteiger partial charge in [-0.15, -0.1) is 0 Å². The van der Waals surface area contributed by atoms with Gasteiger partial charge in [0.2, 0.25) is 5.79 Å². The number of para-hydroxylation sites is 1. The van der Waals surface area contributed by atoms with Crippen LogP contribution < -0.4 is 19.4 Å². The van der Waals surface area contributed by atoms with Gasteiger partial charge in [-0.3, -0.25) is 4.90 Å². The molecule has 2 unspecified atom stereocenters. The largest absolute Gasteiger partial charge is 0.491 e. The van der Waals surface area contributed by atoms with E-state index >= 15 is 0 Å². The summed E-state index contributed by atoms with van der Waals surface area (Å²) in [5.74, 6) is -0.395. The normalized spacial score (nSPS) is 21.3. The van der Waals surface area contributed by atoms with Crippen molar-refractivity contribution in [3.8, 4) is 5.75 Å². The van der Waals surface area contributed by atoms with Gasteiger partial charge in [-0.05, 0) is 66.7 Å². The van der Waals surface area contributed by atoms with Crippen molar-refractivity contribution in [1.82, 2.24) is 14.8 Å². The van der Waals surface area contributed by atoms with E-state index in [9.17, 15) is 0 Å². The van der Waals surface area contributed by atoms with Crippen molar-refractivity contribution in [3.63, 3.8) is 0 Å². The van der Waals surface area contributed by atoms with Crippen molar-refractivity contribution in [3.05, 3.63) is 125 Å². The van der Waals surface area contributed by atoms with Crippen molar-refractivity contribution in [1.29, 1.82) is 0 Å². The van der Waals surface area contributed by atoms with Gasteiger partial charge in [-0.25, -0.2) is 9.67 Å². The zero-order valence-electron chi connectivity index (χ0n) is 27.9. The molecule has 51 heavy (non-hydrogen) atoms. The molecule has 0 amide bonds. The van der Waals surface area contributed by atoms with Crippen LogP contribution in [-0.2, 0) is 26.5 Å². The van der Waals surface area contributed by atoms with Crippen molar-refractivity contribution in [2.24, 2.45) is 4.99 Å². The number of nitrogens with zero attached hydrogens (tertiary/aromatic N) is 7. The van der Waals surface area contributed by atoms with Crippen molar-refractivity contribution < 1.29 is 18.9 Å². The van der Waals surface area contributed by atoms with E-state index in [1.54, 1.807) is 23.1 Å². The van der Waals surface area contributed by atoms with Gasteiger partial charge in [-0.2, -0.15) is 10.1 Å². The smallest absolute Gasteiger partial charge is 0.297 e. The van der Waals surface area contributed by atoms with Crippen molar-refractivity contribution >= 4 is 52.0 Å². The molecular formula is C38H37Cl2N7O4. The Bertz CT molecular complexity index is 1960. The molecule has 4 aromatic carbocycles. The molecule has 0 spiro atoms. The maximum Gasteiger partial charge on any atom is 0.297 e. The maximum atomic E-state index is 6.60. The Morgan fingerprint density at radius 2 is 1.61 bits per heavy atom. The van der Waals surface area contributed by atoms with Gasteiger partial charge in [0.25, 0.3) is 6.02 Å². The Kier molecular flexibility index (Phi) is 9.68. The Labute approximate surface area is 306 Å². The van der Waals surface area contributed by atoms with Crippen molar-refractivity contribution in [2.45, 2.75) is 18.4 Å². The van der Waals surface area contributed by atoms with Gasteiger partial charge in [-0.1, -0.05) is 53.5 Å². The number of halogens is 2. The Balaban J connectivity index is 0.857. The Morgan fingerprint density at radius 3 is 2.37 bits per heavy atom. The molecule has 13 heteroatoms. The minimum Gasteiger partial charge on any atom is -0.491 e. The van der Waals surface area contributed by atoms with Crippen LogP contribution in [0.5, 0.6) is 5.75 Å². The summed E-state index contributed by atoms with van der Waals surface area (Å²) >= 11 is 12.8. The van der Waals surface area contributed by atoms with Crippen LogP contribution in [-0.4, -0.2) is 79.4 Å². The first-order chi connectivity index (χ1) is 25.0. The Hall–Kier alpha value is -4.81. The average Bonchev–Trinajstić information content (AvgIpc) is 3.94. The Morgan fingerprint density at radius 1 is 0.824 bits per heavy atom. The number of benzene rings is 4. The van der Waals surface area contributed by atoms with Crippen LogP contribution in [0.25, 0.3) is 0 Å².